The number of hydrogen-bond acceptors (Lipinski definition) is 4. The average molecular weight is 292 g/mol. The van der Waals surface area contributed by atoms with Gasteiger partial charge in [-0.1, -0.05) is 18.5 Å². The molecule has 1 aromatic carbocycles. The zero-order valence-corrected chi connectivity index (χ0v) is 12.2. The van der Waals surface area contributed by atoms with Crippen molar-refractivity contribution in [1.29, 1.82) is 0 Å². The Morgan fingerprint density at radius 1 is 1.25 bits per heavy atom. The minimum atomic E-state index is 0.356. The van der Waals surface area contributed by atoms with Gasteiger partial charge in [0.25, 0.3) is 0 Å². The summed E-state index contributed by atoms with van der Waals surface area (Å²) in [5.74, 6) is 1.51. The number of anilines is 1. The Balaban J connectivity index is 1.96. The second-order valence-corrected chi connectivity index (χ2v) is 6.03. The Morgan fingerprint density at radius 2 is 2.00 bits per heavy atom. The Bertz CT molecular complexity index is 601. The predicted octanol–water partition coefficient (Wildman–Crippen LogP) is 3.33. The molecule has 0 unspecified atom stereocenters. The molecular weight excluding hydrogens is 274 g/mol. The molecule has 0 atom stereocenters. The molecule has 0 saturated heterocycles. The number of hydrogen-bond donors (Lipinski definition) is 1. The van der Waals surface area contributed by atoms with Crippen molar-refractivity contribution < 1.29 is 0 Å². The van der Waals surface area contributed by atoms with Crippen molar-refractivity contribution in [2.45, 2.75) is 38.6 Å². The molecule has 0 aliphatic heterocycles. The zero-order valence-electron chi connectivity index (χ0n) is 11.5. The van der Waals surface area contributed by atoms with Gasteiger partial charge in [-0.25, -0.2) is 4.68 Å². The van der Waals surface area contributed by atoms with Gasteiger partial charge in [0.05, 0.1) is 6.04 Å². The highest BCUT2D eigenvalue weighted by atomic mass is 35.5. The van der Waals surface area contributed by atoms with E-state index in [1.54, 1.807) is 12.1 Å². The minimum absolute atomic E-state index is 0.356. The highest BCUT2D eigenvalue weighted by molar-refractivity contribution is 6.31. The van der Waals surface area contributed by atoms with E-state index in [0.29, 0.717) is 22.6 Å². The lowest BCUT2D eigenvalue weighted by Crippen LogP contribution is -2.19. The molecule has 2 aromatic rings. The van der Waals surface area contributed by atoms with Gasteiger partial charge in [0.15, 0.2) is 5.82 Å². The smallest absolute Gasteiger partial charge is 0.184 e. The third kappa shape index (κ3) is 2.50. The van der Waals surface area contributed by atoms with E-state index in [0.717, 1.165) is 24.3 Å². The van der Waals surface area contributed by atoms with Gasteiger partial charge in [-0.05, 0) is 60.2 Å². The molecule has 106 valence electrons. The number of aromatic nitrogens is 4. The summed E-state index contributed by atoms with van der Waals surface area (Å²) in [6.45, 7) is 2.30. The van der Waals surface area contributed by atoms with E-state index in [9.17, 15) is 0 Å². The maximum absolute atomic E-state index is 6.06. The van der Waals surface area contributed by atoms with Crippen LogP contribution in [0.25, 0.3) is 11.4 Å². The number of nitrogen functional groups attached to an aromatic ring is 1. The first-order chi connectivity index (χ1) is 9.65. The molecule has 0 bridgehead atoms. The summed E-state index contributed by atoms with van der Waals surface area (Å²) in [5, 5.41) is 12.8. The first-order valence-corrected chi connectivity index (χ1v) is 7.36. The van der Waals surface area contributed by atoms with Gasteiger partial charge < -0.3 is 5.73 Å². The van der Waals surface area contributed by atoms with Crippen molar-refractivity contribution in [3.63, 3.8) is 0 Å². The van der Waals surface area contributed by atoms with Crippen molar-refractivity contribution in [2.75, 3.05) is 5.73 Å². The van der Waals surface area contributed by atoms with Gasteiger partial charge in [0, 0.05) is 16.3 Å². The molecule has 1 aliphatic rings. The summed E-state index contributed by atoms with van der Waals surface area (Å²) < 4.78 is 1.91. The normalized spacial score (nSPS) is 22.9. The highest BCUT2D eigenvalue weighted by Gasteiger charge is 2.24. The van der Waals surface area contributed by atoms with Gasteiger partial charge in [-0.3, -0.25) is 0 Å². The Morgan fingerprint density at radius 3 is 2.75 bits per heavy atom. The third-order valence-corrected chi connectivity index (χ3v) is 4.32. The molecule has 20 heavy (non-hydrogen) atoms. The summed E-state index contributed by atoms with van der Waals surface area (Å²) in [7, 11) is 0. The van der Waals surface area contributed by atoms with Crippen LogP contribution in [0, 0.1) is 5.92 Å². The van der Waals surface area contributed by atoms with Crippen LogP contribution < -0.4 is 5.73 Å². The number of tetrazole rings is 1. The number of nitrogens with two attached hydrogens (primary N) is 1. The fourth-order valence-electron chi connectivity index (χ4n) is 2.83. The van der Waals surface area contributed by atoms with Gasteiger partial charge in [0.1, 0.15) is 0 Å². The molecule has 1 fully saturated rings. The van der Waals surface area contributed by atoms with Crippen LogP contribution in [0.15, 0.2) is 18.2 Å². The molecule has 0 radical (unpaired) electrons. The van der Waals surface area contributed by atoms with Gasteiger partial charge in [0.2, 0.25) is 0 Å². The second kappa shape index (κ2) is 5.40. The molecule has 3 rings (SSSR count). The molecule has 1 saturated carbocycles. The van der Waals surface area contributed by atoms with Crippen molar-refractivity contribution in [1.82, 2.24) is 20.2 Å². The van der Waals surface area contributed by atoms with Crippen LogP contribution in [0.5, 0.6) is 0 Å². The lowest BCUT2D eigenvalue weighted by Gasteiger charge is -2.26. The summed E-state index contributed by atoms with van der Waals surface area (Å²) >= 11 is 6.06. The molecule has 1 heterocycles. The summed E-state index contributed by atoms with van der Waals surface area (Å²) in [6.07, 6.45) is 4.66. The molecule has 2 N–H and O–H groups in total. The van der Waals surface area contributed by atoms with E-state index in [4.69, 9.17) is 17.3 Å². The fourth-order valence-corrected chi connectivity index (χ4v) is 3.00. The number of benzene rings is 1. The maximum Gasteiger partial charge on any atom is 0.184 e. The maximum atomic E-state index is 6.06. The predicted molar refractivity (Wildman–Crippen MR) is 79.3 cm³/mol. The Labute approximate surface area is 123 Å². The van der Waals surface area contributed by atoms with E-state index in [1.807, 2.05) is 10.7 Å². The van der Waals surface area contributed by atoms with Crippen LogP contribution in [-0.4, -0.2) is 20.2 Å². The van der Waals surface area contributed by atoms with Crippen molar-refractivity contribution in [3.8, 4) is 11.4 Å². The topological polar surface area (TPSA) is 69.6 Å². The Kier molecular flexibility index (Phi) is 3.61. The Hall–Kier alpha value is -1.62. The average Bonchev–Trinajstić information content (AvgIpc) is 2.91. The molecule has 6 heteroatoms. The fraction of sp³-hybridized carbons (Fsp3) is 0.500. The largest absolute Gasteiger partial charge is 0.398 e. The summed E-state index contributed by atoms with van der Waals surface area (Å²) in [4.78, 5) is 0. The van der Waals surface area contributed by atoms with Crippen LogP contribution in [-0.2, 0) is 0 Å². The molecule has 0 amide bonds. The first kappa shape index (κ1) is 13.4. The standard InChI is InChI=1S/C14H18ClN5/c1-9-2-5-11(6-3-9)20-14(17-18-19-20)12-8-10(15)4-7-13(12)16/h4,7-9,11H,2-3,5-6,16H2,1H3. The number of halogens is 1. The van der Waals surface area contributed by atoms with Crippen molar-refractivity contribution in [2.24, 2.45) is 5.92 Å². The van der Waals surface area contributed by atoms with Crippen LogP contribution in [0.4, 0.5) is 5.69 Å². The monoisotopic (exact) mass is 291 g/mol. The highest BCUT2D eigenvalue weighted by Crippen LogP contribution is 2.35. The third-order valence-electron chi connectivity index (χ3n) is 4.08. The van der Waals surface area contributed by atoms with Gasteiger partial charge >= 0.3 is 0 Å². The summed E-state index contributed by atoms with van der Waals surface area (Å²) in [6, 6.07) is 5.75. The van der Waals surface area contributed by atoms with E-state index in [2.05, 4.69) is 22.4 Å². The molecule has 5 nitrogen and oxygen atoms in total. The minimum Gasteiger partial charge on any atom is -0.398 e. The van der Waals surface area contributed by atoms with Gasteiger partial charge in [-0.2, -0.15) is 0 Å². The van der Waals surface area contributed by atoms with Crippen LogP contribution in [0.2, 0.25) is 5.02 Å². The van der Waals surface area contributed by atoms with Crippen LogP contribution in [0.1, 0.15) is 38.6 Å². The lowest BCUT2D eigenvalue weighted by atomic mass is 9.87. The number of nitrogens with zero attached hydrogens (tertiary/aromatic N) is 4. The van der Waals surface area contributed by atoms with E-state index < -0.39 is 0 Å². The van der Waals surface area contributed by atoms with E-state index >= 15 is 0 Å². The molecule has 0 spiro atoms. The first-order valence-electron chi connectivity index (χ1n) is 6.98. The lowest BCUT2D eigenvalue weighted by molar-refractivity contribution is 0.272. The SMILES string of the molecule is CC1CCC(n2nnnc2-c2cc(Cl)ccc2N)CC1. The molecule has 1 aromatic heterocycles. The van der Waals surface area contributed by atoms with Crippen LogP contribution >= 0.6 is 11.6 Å². The quantitative estimate of drug-likeness (QED) is 0.862. The molecule has 1 aliphatic carbocycles. The zero-order chi connectivity index (χ0) is 14.1. The van der Waals surface area contributed by atoms with Crippen molar-refractivity contribution in [3.05, 3.63) is 23.2 Å². The van der Waals surface area contributed by atoms with Crippen molar-refractivity contribution >= 4 is 17.3 Å². The number of rotatable bonds is 2. The van der Waals surface area contributed by atoms with Gasteiger partial charge in [-0.15, -0.1) is 5.10 Å². The second-order valence-electron chi connectivity index (χ2n) is 5.59. The van der Waals surface area contributed by atoms with Crippen LogP contribution in [0.3, 0.4) is 0 Å². The van der Waals surface area contributed by atoms with E-state index in [-0.39, 0.29) is 0 Å². The molecular formula is C14H18ClN5. The summed E-state index contributed by atoms with van der Waals surface area (Å²) in [5.41, 5.74) is 7.49. The van der Waals surface area contributed by atoms with E-state index in [1.165, 1.54) is 12.8 Å².